The van der Waals surface area contributed by atoms with Crippen LogP contribution in [0.1, 0.15) is 42.3 Å². The van der Waals surface area contributed by atoms with Gasteiger partial charge in [0.25, 0.3) is 17.1 Å². The standard InChI is InChI=1S/C25H26FN3O4S/c1-25(2,3)18-10-8-16(9-11-18)22(31)28-15-21(30)27-12-13-29-23(32)20(34-24(29)33)14-17-6-4-5-7-19(17)26/h4-11,14H,12-13,15H2,1-3H3,(H,27,30)(H,28,31)/b20-14-. The summed E-state index contributed by atoms with van der Waals surface area (Å²) in [5.74, 6) is -1.86. The van der Waals surface area contributed by atoms with Gasteiger partial charge in [-0.2, -0.15) is 0 Å². The normalized spacial score (nSPS) is 15.1. The van der Waals surface area contributed by atoms with Crippen LogP contribution in [0.5, 0.6) is 0 Å². The summed E-state index contributed by atoms with van der Waals surface area (Å²) in [7, 11) is 0. The molecule has 0 aromatic heterocycles. The molecule has 2 aromatic carbocycles. The van der Waals surface area contributed by atoms with Crippen molar-refractivity contribution in [3.05, 3.63) is 75.9 Å². The summed E-state index contributed by atoms with van der Waals surface area (Å²) >= 11 is 0.720. The van der Waals surface area contributed by atoms with Crippen LogP contribution < -0.4 is 10.6 Å². The third kappa shape index (κ3) is 6.32. The van der Waals surface area contributed by atoms with Crippen LogP contribution >= 0.6 is 11.8 Å². The number of hydrogen-bond donors (Lipinski definition) is 2. The Hall–Kier alpha value is -3.46. The first-order chi connectivity index (χ1) is 16.1. The van der Waals surface area contributed by atoms with E-state index in [1.54, 1.807) is 18.2 Å². The first-order valence-corrected chi connectivity index (χ1v) is 11.5. The van der Waals surface area contributed by atoms with Crippen LogP contribution in [0.15, 0.2) is 53.4 Å². The van der Waals surface area contributed by atoms with E-state index >= 15 is 0 Å². The second-order valence-electron chi connectivity index (χ2n) is 8.71. The van der Waals surface area contributed by atoms with Crippen LogP contribution in [0.4, 0.5) is 9.18 Å². The Labute approximate surface area is 201 Å². The van der Waals surface area contributed by atoms with E-state index in [0.29, 0.717) is 5.56 Å². The molecule has 0 bridgehead atoms. The Morgan fingerprint density at radius 1 is 1.03 bits per heavy atom. The van der Waals surface area contributed by atoms with Crippen molar-refractivity contribution in [1.82, 2.24) is 15.5 Å². The van der Waals surface area contributed by atoms with E-state index in [9.17, 15) is 23.6 Å². The molecule has 1 aliphatic heterocycles. The second-order valence-corrected chi connectivity index (χ2v) is 9.71. The summed E-state index contributed by atoms with van der Waals surface area (Å²) in [6.07, 6.45) is 1.34. The number of hydrogen-bond acceptors (Lipinski definition) is 5. The average molecular weight is 484 g/mol. The van der Waals surface area contributed by atoms with Gasteiger partial charge in [-0.25, -0.2) is 4.39 Å². The maximum Gasteiger partial charge on any atom is 0.293 e. The topological polar surface area (TPSA) is 95.6 Å². The third-order valence-electron chi connectivity index (χ3n) is 5.15. The highest BCUT2D eigenvalue weighted by atomic mass is 32.2. The summed E-state index contributed by atoms with van der Waals surface area (Å²) in [5, 5.41) is 4.63. The van der Waals surface area contributed by atoms with Crippen LogP contribution in [0.2, 0.25) is 0 Å². The molecule has 1 saturated heterocycles. The Morgan fingerprint density at radius 3 is 2.35 bits per heavy atom. The Morgan fingerprint density at radius 2 is 1.71 bits per heavy atom. The third-order valence-corrected chi connectivity index (χ3v) is 6.05. The first kappa shape index (κ1) is 25.2. The van der Waals surface area contributed by atoms with Crippen LogP contribution in [-0.4, -0.2) is 47.5 Å². The second kappa shape index (κ2) is 10.6. The monoisotopic (exact) mass is 483 g/mol. The summed E-state index contributed by atoms with van der Waals surface area (Å²) in [4.78, 5) is 50.1. The van der Waals surface area contributed by atoms with Crippen molar-refractivity contribution >= 4 is 40.8 Å². The molecule has 1 heterocycles. The molecule has 178 valence electrons. The van der Waals surface area contributed by atoms with Gasteiger partial charge in [0.15, 0.2) is 0 Å². The van der Waals surface area contributed by atoms with Gasteiger partial charge >= 0.3 is 0 Å². The van der Waals surface area contributed by atoms with Crippen molar-refractivity contribution in [2.24, 2.45) is 0 Å². The molecule has 2 aromatic rings. The molecule has 7 nitrogen and oxygen atoms in total. The lowest BCUT2D eigenvalue weighted by atomic mass is 9.87. The number of halogens is 1. The Balaban J connectivity index is 1.46. The van der Waals surface area contributed by atoms with E-state index in [1.807, 2.05) is 12.1 Å². The Bertz CT molecular complexity index is 1140. The van der Waals surface area contributed by atoms with Crippen molar-refractivity contribution in [3.8, 4) is 0 Å². The molecule has 0 unspecified atom stereocenters. The molecule has 34 heavy (non-hydrogen) atoms. The molecule has 9 heteroatoms. The first-order valence-electron chi connectivity index (χ1n) is 10.7. The number of carbonyl (C=O) groups excluding carboxylic acids is 4. The molecule has 0 radical (unpaired) electrons. The molecule has 1 aliphatic rings. The van der Waals surface area contributed by atoms with Crippen molar-refractivity contribution in [2.45, 2.75) is 26.2 Å². The fourth-order valence-corrected chi connectivity index (χ4v) is 4.04. The smallest absolute Gasteiger partial charge is 0.293 e. The van der Waals surface area contributed by atoms with E-state index in [4.69, 9.17) is 0 Å². The van der Waals surface area contributed by atoms with Crippen molar-refractivity contribution in [3.63, 3.8) is 0 Å². The lowest BCUT2D eigenvalue weighted by Crippen LogP contribution is -2.41. The molecule has 0 atom stereocenters. The Kier molecular flexibility index (Phi) is 7.88. The van der Waals surface area contributed by atoms with E-state index in [-0.39, 0.29) is 41.4 Å². The largest absolute Gasteiger partial charge is 0.353 e. The van der Waals surface area contributed by atoms with Crippen molar-refractivity contribution < 1.29 is 23.6 Å². The number of benzene rings is 2. The number of carbonyl (C=O) groups is 4. The summed E-state index contributed by atoms with van der Waals surface area (Å²) in [5.41, 5.74) is 1.72. The van der Waals surface area contributed by atoms with E-state index < -0.39 is 22.9 Å². The lowest BCUT2D eigenvalue weighted by molar-refractivity contribution is -0.124. The van der Waals surface area contributed by atoms with Crippen LogP contribution in [0.25, 0.3) is 6.08 Å². The number of nitrogens with zero attached hydrogens (tertiary/aromatic N) is 1. The molecule has 0 saturated carbocycles. The molecular weight excluding hydrogens is 457 g/mol. The van der Waals surface area contributed by atoms with Gasteiger partial charge in [-0.15, -0.1) is 0 Å². The summed E-state index contributed by atoms with van der Waals surface area (Å²) < 4.78 is 13.8. The fourth-order valence-electron chi connectivity index (χ4n) is 3.18. The van der Waals surface area contributed by atoms with Crippen LogP contribution in [0, 0.1) is 5.82 Å². The zero-order valence-electron chi connectivity index (χ0n) is 19.2. The van der Waals surface area contributed by atoms with Crippen molar-refractivity contribution in [2.75, 3.05) is 19.6 Å². The predicted molar refractivity (Wildman–Crippen MR) is 130 cm³/mol. The lowest BCUT2D eigenvalue weighted by Gasteiger charge is -2.19. The molecule has 2 N–H and O–H groups in total. The van der Waals surface area contributed by atoms with Gasteiger partial charge in [0.05, 0.1) is 11.4 Å². The van der Waals surface area contributed by atoms with Gasteiger partial charge in [-0.05, 0) is 47.0 Å². The van der Waals surface area contributed by atoms with Gasteiger partial charge in [0, 0.05) is 24.2 Å². The molecule has 4 amide bonds. The number of imide groups is 1. The van der Waals surface area contributed by atoms with Crippen molar-refractivity contribution in [1.29, 1.82) is 0 Å². The zero-order valence-corrected chi connectivity index (χ0v) is 20.0. The van der Waals surface area contributed by atoms with Crippen LogP contribution in [0.3, 0.4) is 0 Å². The molecular formula is C25H26FN3O4S. The minimum atomic E-state index is -0.542. The summed E-state index contributed by atoms with van der Waals surface area (Å²) in [6.45, 7) is 5.99. The number of nitrogens with one attached hydrogen (secondary N) is 2. The highest BCUT2D eigenvalue weighted by Gasteiger charge is 2.34. The number of thioether (sulfide) groups is 1. The maximum absolute atomic E-state index is 13.8. The highest BCUT2D eigenvalue weighted by molar-refractivity contribution is 8.18. The fraction of sp³-hybridized carbons (Fsp3) is 0.280. The van der Waals surface area contributed by atoms with E-state index in [2.05, 4.69) is 31.4 Å². The van der Waals surface area contributed by atoms with Gasteiger partial charge < -0.3 is 10.6 Å². The quantitative estimate of drug-likeness (QED) is 0.586. The van der Waals surface area contributed by atoms with Gasteiger partial charge in [-0.3, -0.25) is 24.1 Å². The zero-order chi connectivity index (χ0) is 24.9. The minimum Gasteiger partial charge on any atom is -0.353 e. The SMILES string of the molecule is CC(C)(C)c1ccc(C(=O)NCC(=O)NCCN2C(=O)S/C(=C\c3ccccc3F)C2=O)cc1. The van der Waals surface area contributed by atoms with Crippen LogP contribution in [-0.2, 0) is 15.0 Å². The summed E-state index contributed by atoms with van der Waals surface area (Å²) in [6, 6.07) is 13.1. The number of amides is 4. The maximum atomic E-state index is 13.8. The minimum absolute atomic E-state index is 0.0278. The van der Waals surface area contributed by atoms with Gasteiger partial charge in [0.1, 0.15) is 5.82 Å². The van der Waals surface area contributed by atoms with Gasteiger partial charge in [-0.1, -0.05) is 51.1 Å². The molecule has 3 rings (SSSR count). The van der Waals surface area contributed by atoms with E-state index in [1.165, 1.54) is 24.3 Å². The highest BCUT2D eigenvalue weighted by Crippen LogP contribution is 2.32. The van der Waals surface area contributed by atoms with Gasteiger partial charge in [0.2, 0.25) is 5.91 Å². The molecule has 0 aliphatic carbocycles. The molecule has 1 fully saturated rings. The predicted octanol–water partition coefficient (Wildman–Crippen LogP) is 3.71. The van der Waals surface area contributed by atoms with E-state index in [0.717, 1.165) is 22.2 Å². The number of rotatable bonds is 7. The average Bonchev–Trinajstić information content (AvgIpc) is 3.06. The molecule has 0 spiro atoms.